The van der Waals surface area contributed by atoms with Gasteiger partial charge >= 0.3 is 5.97 Å². The van der Waals surface area contributed by atoms with Gasteiger partial charge in [0.25, 0.3) is 0 Å². The number of rotatable bonds is 4. The summed E-state index contributed by atoms with van der Waals surface area (Å²) in [5, 5.41) is 12.7. The molecule has 1 aromatic rings. The van der Waals surface area contributed by atoms with Gasteiger partial charge < -0.3 is 5.11 Å². The topological polar surface area (TPSA) is 61.7 Å². The van der Waals surface area contributed by atoms with Gasteiger partial charge in [0.1, 0.15) is 6.54 Å². The van der Waals surface area contributed by atoms with E-state index < -0.39 is 5.97 Å². The Morgan fingerprint density at radius 1 is 1.50 bits per heavy atom. The number of aliphatic carboxylic acids is 1. The Bertz CT molecular complexity index is 335. The van der Waals surface area contributed by atoms with Crippen molar-refractivity contribution in [3.63, 3.8) is 0 Å². The molecule has 1 rings (SSSR count). The van der Waals surface area contributed by atoms with Gasteiger partial charge in [0, 0.05) is 5.02 Å². The first-order chi connectivity index (χ1) is 6.68. The zero-order valence-corrected chi connectivity index (χ0v) is 8.03. The summed E-state index contributed by atoms with van der Waals surface area (Å²) in [5.41, 5.74) is 3.24. The minimum absolute atomic E-state index is 0.190. The fraction of sp³-hybridized carbons (Fsp3) is 0.111. The minimum atomic E-state index is -0.946. The molecule has 0 aliphatic heterocycles. The molecule has 0 radical (unpaired) electrons. The molecular weight excluding hydrogens is 204 g/mol. The number of benzene rings is 1. The second-order valence-electron chi connectivity index (χ2n) is 2.54. The van der Waals surface area contributed by atoms with Crippen LogP contribution in [-0.2, 0) is 4.79 Å². The van der Waals surface area contributed by atoms with Gasteiger partial charge in [-0.15, -0.1) is 0 Å². The molecule has 0 aliphatic carbocycles. The fourth-order valence-electron chi connectivity index (χ4n) is 0.782. The lowest BCUT2D eigenvalue weighted by Gasteiger charge is -1.94. The van der Waals surface area contributed by atoms with Crippen molar-refractivity contribution in [2.75, 3.05) is 6.54 Å². The first-order valence-corrected chi connectivity index (χ1v) is 4.29. The number of carboxylic acids is 1. The molecule has 0 saturated heterocycles. The van der Waals surface area contributed by atoms with Gasteiger partial charge in [-0.05, 0) is 17.7 Å². The Morgan fingerprint density at radius 2 is 2.14 bits per heavy atom. The summed E-state index contributed by atoms with van der Waals surface area (Å²) in [4.78, 5) is 10.1. The Kier molecular flexibility index (Phi) is 3.94. The van der Waals surface area contributed by atoms with Crippen molar-refractivity contribution in [2.45, 2.75) is 0 Å². The van der Waals surface area contributed by atoms with Gasteiger partial charge in [0.15, 0.2) is 0 Å². The summed E-state index contributed by atoms with van der Waals surface area (Å²) >= 11 is 5.68. The molecule has 2 N–H and O–H groups in total. The average molecular weight is 213 g/mol. The lowest BCUT2D eigenvalue weighted by molar-refractivity contribution is -0.135. The Balaban J connectivity index is 2.44. The lowest BCUT2D eigenvalue weighted by Crippen LogP contribution is -2.16. The molecule has 0 saturated carbocycles. The van der Waals surface area contributed by atoms with Crippen LogP contribution in [0.15, 0.2) is 29.4 Å². The van der Waals surface area contributed by atoms with Crippen LogP contribution in [0.2, 0.25) is 5.02 Å². The summed E-state index contributed by atoms with van der Waals surface area (Å²) in [7, 11) is 0. The molecule has 0 atom stereocenters. The number of nitrogens with zero attached hydrogens (tertiary/aromatic N) is 1. The van der Waals surface area contributed by atoms with Gasteiger partial charge in [-0.1, -0.05) is 23.7 Å². The van der Waals surface area contributed by atoms with E-state index in [0.29, 0.717) is 5.02 Å². The highest BCUT2D eigenvalue weighted by Crippen LogP contribution is 2.07. The van der Waals surface area contributed by atoms with E-state index in [4.69, 9.17) is 16.7 Å². The van der Waals surface area contributed by atoms with Crippen molar-refractivity contribution in [3.8, 4) is 0 Å². The number of nitrogens with one attached hydrogen (secondary N) is 1. The first-order valence-electron chi connectivity index (χ1n) is 3.92. The Morgan fingerprint density at radius 3 is 2.71 bits per heavy atom. The zero-order valence-electron chi connectivity index (χ0n) is 7.27. The largest absolute Gasteiger partial charge is 0.480 e. The van der Waals surface area contributed by atoms with Crippen molar-refractivity contribution in [3.05, 3.63) is 34.9 Å². The van der Waals surface area contributed by atoms with Crippen LogP contribution >= 0.6 is 11.6 Å². The van der Waals surface area contributed by atoms with E-state index in [-0.39, 0.29) is 6.54 Å². The number of hydrogen-bond donors (Lipinski definition) is 2. The molecule has 0 spiro atoms. The summed E-state index contributed by atoms with van der Waals surface area (Å²) in [6.07, 6.45) is 1.53. The number of carbonyl (C=O) groups is 1. The van der Waals surface area contributed by atoms with Crippen molar-refractivity contribution < 1.29 is 9.90 Å². The highest BCUT2D eigenvalue weighted by Gasteiger charge is 1.91. The van der Waals surface area contributed by atoms with E-state index in [1.807, 2.05) is 0 Å². The predicted molar refractivity (Wildman–Crippen MR) is 54.7 cm³/mol. The zero-order chi connectivity index (χ0) is 10.4. The summed E-state index contributed by atoms with van der Waals surface area (Å²) < 4.78 is 0. The van der Waals surface area contributed by atoms with Gasteiger partial charge in [0.05, 0.1) is 6.21 Å². The molecule has 0 unspecified atom stereocenters. The SMILES string of the molecule is O=C(O)CN/N=C/c1ccc(Cl)cc1. The molecule has 0 bridgehead atoms. The second-order valence-corrected chi connectivity index (χ2v) is 2.97. The second kappa shape index (κ2) is 5.24. The highest BCUT2D eigenvalue weighted by atomic mass is 35.5. The molecule has 0 amide bonds. The summed E-state index contributed by atoms with van der Waals surface area (Å²) in [6.45, 7) is -0.190. The van der Waals surface area contributed by atoms with Crippen LogP contribution in [0, 0.1) is 0 Å². The summed E-state index contributed by atoms with van der Waals surface area (Å²) in [6, 6.07) is 7.04. The summed E-state index contributed by atoms with van der Waals surface area (Å²) in [5.74, 6) is -0.946. The number of carboxylic acid groups (broad SMARTS) is 1. The molecule has 1 aromatic carbocycles. The molecule has 0 heterocycles. The highest BCUT2D eigenvalue weighted by molar-refractivity contribution is 6.30. The van der Waals surface area contributed by atoms with E-state index >= 15 is 0 Å². The fourth-order valence-corrected chi connectivity index (χ4v) is 0.908. The van der Waals surface area contributed by atoms with Crippen molar-refractivity contribution in [1.29, 1.82) is 0 Å². The van der Waals surface area contributed by atoms with Crippen LogP contribution in [0.3, 0.4) is 0 Å². The lowest BCUT2D eigenvalue weighted by atomic mass is 10.2. The third kappa shape index (κ3) is 3.91. The Labute approximate surface area is 86.2 Å². The number of hydrazone groups is 1. The van der Waals surface area contributed by atoms with E-state index in [2.05, 4.69) is 10.5 Å². The normalized spacial score (nSPS) is 10.4. The maximum Gasteiger partial charge on any atom is 0.324 e. The third-order valence-electron chi connectivity index (χ3n) is 1.41. The minimum Gasteiger partial charge on any atom is -0.480 e. The third-order valence-corrected chi connectivity index (χ3v) is 1.66. The van der Waals surface area contributed by atoms with Crippen LogP contribution in [-0.4, -0.2) is 23.8 Å². The van der Waals surface area contributed by atoms with Crippen LogP contribution in [0.5, 0.6) is 0 Å². The van der Waals surface area contributed by atoms with Crippen molar-refractivity contribution >= 4 is 23.8 Å². The number of halogens is 1. The predicted octanol–water partition coefficient (Wildman–Crippen LogP) is 1.35. The first kappa shape index (κ1) is 10.5. The average Bonchev–Trinajstić information content (AvgIpc) is 2.15. The molecule has 74 valence electrons. The van der Waals surface area contributed by atoms with E-state index in [1.54, 1.807) is 24.3 Å². The molecule has 0 aromatic heterocycles. The Hall–Kier alpha value is -1.55. The van der Waals surface area contributed by atoms with E-state index in [1.165, 1.54) is 6.21 Å². The van der Waals surface area contributed by atoms with Gasteiger partial charge in [-0.25, -0.2) is 0 Å². The number of hydrogen-bond acceptors (Lipinski definition) is 3. The molecule has 0 aliphatic rings. The maximum atomic E-state index is 10.1. The molecule has 5 heteroatoms. The van der Waals surface area contributed by atoms with Gasteiger partial charge in [-0.3, -0.25) is 10.2 Å². The van der Waals surface area contributed by atoms with Crippen molar-refractivity contribution in [1.82, 2.24) is 5.43 Å². The van der Waals surface area contributed by atoms with Crippen molar-refractivity contribution in [2.24, 2.45) is 5.10 Å². The van der Waals surface area contributed by atoms with Gasteiger partial charge in [-0.2, -0.15) is 5.10 Å². The monoisotopic (exact) mass is 212 g/mol. The maximum absolute atomic E-state index is 10.1. The van der Waals surface area contributed by atoms with Gasteiger partial charge in [0.2, 0.25) is 0 Å². The van der Waals surface area contributed by atoms with Crippen LogP contribution in [0.1, 0.15) is 5.56 Å². The standard InChI is InChI=1S/C9H9ClN2O2/c10-8-3-1-7(2-4-8)5-11-12-6-9(13)14/h1-5,12H,6H2,(H,13,14)/b11-5+. The molecule has 4 nitrogen and oxygen atoms in total. The van der Waals surface area contributed by atoms with Crippen LogP contribution in [0.25, 0.3) is 0 Å². The van der Waals surface area contributed by atoms with E-state index in [9.17, 15) is 4.79 Å². The molecule has 0 fully saturated rings. The van der Waals surface area contributed by atoms with Crippen LogP contribution < -0.4 is 5.43 Å². The quantitative estimate of drug-likeness (QED) is 0.585. The smallest absolute Gasteiger partial charge is 0.324 e. The molecular formula is C9H9ClN2O2. The van der Waals surface area contributed by atoms with E-state index in [0.717, 1.165) is 5.56 Å². The molecule has 14 heavy (non-hydrogen) atoms. The van der Waals surface area contributed by atoms with Crippen LogP contribution in [0.4, 0.5) is 0 Å².